The molecule has 1 aromatic rings. The van der Waals surface area contributed by atoms with Crippen LogP contribution >= 0.6 is 0 Å². The van der Waals surface area contributed by atoms with Crippen molar-refractivity contribution < 1.29 is 0 Å². The third-order valence-corrected chi connectivity index (χ3v) is 4.96. The van der Waals surface area contributed by atoms with Gasteiger partial charge in [0, 0.05) is 37.4 Å². The Bertz CT molecular complexity index is 453. The van der Waals surface area contributed by atoms with Crippen LogP contribution in [0.2, 0.25) is 0 Å². The first-order valence-corrected chi connectivity index (χ1v) is 8.00. The molecule has 3 rings (SSSR count). The number of hydrogen-bond acceptors (Lipinski definition) is 3. The fraction of sp³-hybridized carbons (Fsp3) is 0.812. The van der Waals surface area contributed by atoms with Crippen molar-refractivity contribution in [1.82, 2.24) is 19.6 Å². The van der Waals surface area contributed by atoms with Crippen molar-refractivity contribution in [2.75, 3.05) is 33.2 Å². The van der Waals surface area contributed by atoms with Crippen LogP contribution in [0.1, 0.15) is 44.7 Å². The minimum atomic E-state index is 0.459. The molecule has 2 aliphatic rings. The first-order chi connectivity index (χ1) is 9.56. The van der Waals surface area contributed by atoms with E-state index < -0.39 is 0 Å². The number of hydrogen-bond donors (Lipinski definition) is 0. The van der Waals surface area contributed by atoms with Gasteiger partial charge in [-0.05, 0) is 58.7 Å². The van der Waals surface area contributed by atoms with Crippen molar-refractivity contribution in [2.45, 2.75) is 45.7 Å². The highest BCUT2D eigenvalue weighted by molar-refractivity contribution is 5.06. The molecule has 3 heterocycles. The zero-order valence-electron chi connectivity index (χ0n) is 13.2. The first-order valence-electron chi connectivity index (χ1n) is 8.00. The maximum atomic E-state index is 4.46. The average Bonchev–Trinajstić information content (AvgIpc) is 2.98. The molecule has 2 aliphatic heterocycles. The van der Waals surface area contributed by atoms with Crippen LogP contribution in [0.5, 0.6) is 0 Å². The molecule has 4 nitrogen and oxygen atoms in total. The molecule has 1 atom stereocenters. The van der Waals surface area contributed by atoms with Crippen molar-refractivity contribution in [3.63, 3.8) is 0 Å². The van der Waals surface area contributed by atoms with Crippen molar-refractivity contribution in [3.05, 3.63) is 18.0 Å². The maximum absolute atomic E-state index is 4.46. The van der Waals surface area contributed by atoms with Crippen molar-refractivity contribution >= 4 is 0 Å². The highest BCUT2D eigenvalue weighted by Gasteiger charge is 2.40. The molecule has 0 unspecified atom stereocenters. The minimum Gasteiger partial charge on any atom is -0.306 e. The third-order valence-electron chi connectivity index (χ3n) is 4.96. The van der Waals surface area contributed by atoms with E-state index in [0.29, 0.717) is 11.5 Å². The molecule has 0 bridgehead atoms. The Morgan fingerprint density at radius 2 is 2.10 bits per heavy atom. The molecule has 0 aliphatic carbocycles. The zero-order chi connectivity index (χ0) is 14.2. The second-order valence-electron chi connectivity index (χ2n) is 7.22. The molecule has 112 valence electrons. The van der Waals surface area contributed by atoms with Crippen molar-refractivity contribution in [1.29, 1.82) is 0 Å². The lowest BCUT2D eigenvalue weighted by Crippen LogP contribution is -2.42. The predicted octanol–water partition coefficient (Wildman–Crippen LogP) is 2.38. The van der Waals surface area contributed by atoms with Crippen LogP contribution in [-0.2, 0) is 6.54 Å². The van der Waals surface area contributed by atoms with Gasteiger partial charge in [-0.15, -0.1) is 0 Å². The van der Waals surface area contributed by atoms with Gasteiger partial charge in [0.2, 0.25) is 0 Å². The summed E-state index contributed by atoms with van der Waals surface area (Å²) in [6.07, 6.45) is 8.41. The fourth-order valence-electron chi connectivity index (χ4n) is 3.95. The summed E-state index contributed by atoms with van der Waals surface area (Å²) < 4.78 is 2.07. The lowest BCUT2D eigenvalue weighted by Gasteiger charge is -2.38. The monoisotopic (exact) mass is 276 g/mol. The Balaban J connectivity index is 1.59. The normalized spacial score (nSPS) is 28.8. The lowest BCUT2D eigenvalue weighted by atomic mass is 9.79. The molecular formula is C16H28N4. The van der Waals surface area contributed by atoms with Crippen molar-refractivity contribution in [3.8, 4) is 0 Å². The van der Waals surface area contributed by atoms with Gasteiger partial charge in [-0.2, -0.15) is 5.10 Å². The van der Waals surface area contributed by atoms with Crippen LogP contribution in [0.4, 0.5) is 0 Å². The van der Waals surface area contributed by atoms with Crippen LogP contribution in [-0.4, -0.2) is 52.8 Å². The van der Waals surface area contributed by atoms with E-state index in [-0.39, 0.29) is 0 Å². The largest absolute Gasteiger partial charge is 0.306 e. The van der Waals surface area contributed by atoms with E-state index in [9.17, 15) is 0 Å². The van der Waals surface area contributed by atoms with E-state index in [1.807, 2.05) is 6.20 Å². The molecule has 0 saturated carbocycles. The minimum absolute atomic E-state index is 0.459. The SMILES string of the molecule is CC(C)n1cc(CN2CC[C@@]3(CCCN(C)C3)C2)cn1. The van der Waals surface area contributed by atoms with E-state index in [4.69, 9.17) is 0 Å². The highest BCUT2D eigenvalue weighted by atomic mass is 15.3. The first kappa shape index (κ1) is 14.1. The van der Waals surface area contributed by atoms with Gasteiger partial charge in [-0.3, -0.25) is 9.58 Å². The Hall–Kier alpha value is -0.870. The maximum Gasteiger partial charge on any atom is 0.0534 e. The zero-order valence-corrected chi connectivity index (χ0v) is 13.2. The van der Waals surface area contributed by atoms with Gasteiger partial charge >= 0.3 is 0 Å². The van der Waals surface area contributed by atoms with Crippen LogP contribution in [0.3, 0.4) is 0 Å². The van der Waals surface area contributed by atoms with E-state index in [1.54, 1.807) is 0 Å². The number of piperidine rings is 1. The van der Waals surface area contributed by atoms with E-state index >= 15 is 0 Å². The molecule has 1 aromatic heterocycles. The van der Waals surface area contributed by atoms with Gasteiger partial charge < -0.3 is 4.90 Å². The molecule has 0 amide bonds. The summed E-state index contributed by atoms with van der Waals surface area (Å²) >= 11 is 0. The average molecular weight is 276 g/mol. The third kappa shape index (κ3) is 2.91. The molecule has 0 aromatic carbocycles. The fourth-order valence-corrected chi connectivity index (χ4v) is 3.95. The molecule has 2 fully saturated rings. The molecule has 20 heavy (non-hydrogen) atoms. The summed E-state index contributed by atoms with van der Waals surface area (Å²) in [6.45, 7) is 10.5. The van der Waals surface area contributed by atoms with E-state index in [0.717, 1.165) is 6.54 Å². The summed E-state index contributed by atoms with van der Waals surface area (Å²) in [7, 11) is 2.27. The van der Waals surface area contributed by atoms with Crippen LogP contribution in [0, 0.1) is 5.41 Å². The molecule has 1 spiro atoms. The van der Waals surface area contributed by atoms with Gasteiger partial charge in [0.05, 0.1) is 6.20 Å². The van der Waals surface area contributed by atoms with Gasteiger partial charge in [-0.1, -0.05) is 0 Å². The van der Waals surface area contributed by atoms with Gasteiger partial charge in [-0.25, -0.2) is 0 Å². The standard InChI is InChI=1S/C16H28N4/c1-14(2)20-11-15(9-17-20)10-19-8-6-16(13-19)5-4-7-18(3)12-16/h9,11,14H,4-8,10,12-13H2,1-3H3/t16-/m1/s1. The van der Waals surface area contributed by atoms with Crippen LogP contribution in [0.25, 0.3) is 0 Å². The summed E-state index contributed by atoms with van der Waals surface area (Å²) in [5, 5.41) is 4.46. The van der Waals surface area contributed by atoms with E-state index in [2.05, 4.69) is 46.7 Å². The quantitative estimate of drug-likeness (QED) is 0.847. The second kappa shape index (κ2) is 5.49. The Morgan fingerprint density at radius 1 is 1.25 bits per heavy atom. The van der Waals surface area contributed by atoms with Gasteiger partial charge in [0.15, 0.2) is 0 Å². The number of aromatic nitrogens is 2. The topological polar surface area (TPSA) is 24.3 Å². The molecule has 0 N–H and O–H groups in total. The summed E-state index contributed by atoms with van der Waals surface area (Å²) in [5.74, 6) is 0. The Morgan fingerprint density at radius 3 is 2.80 bits per heavy atom. The Labute approximate surface area is 122 Å². The lowest BCUT2D eigenvalue weighted by molar-refractivity contribution is 0.112. The van der Waals surface area contributed by atoms with Crippen LogP contribution in [0.15, 0.2) is 12.4 Å². The van der Waals surface area contributed by atoms with Gasteiger partial charge in [0.25, 0.3) is 0 Å². The number of likely N-dealkylation sites (tertiary alicyclic amines) is 2. The van der Waals surface area contributed by atoms with E-state index in [1.165, 1.54) is 51.0 Å². The number of nitrogens with zero attached hydrogens (tertiary/aromatic N) is 4. The van der Waals surface area contributed by atoms with Crippen LogP contribution < -0.4 is 0 Å². The summed E-state index contributed by atoms with van der Waals surface area (Å²) in [4.78, 5) is 5.14. The molecule has 4 heteroatoms. The molecule has 2 saturated heterocycles. The summed E-state index contributed by atoms with van der Waals surface area (Å²) in [6, 6.07) is 0.459. The van der Waals surface area contributed by atoms with Crippen molar-refractivity contribution in [2.24, 2.45) is 5.41 Å². The predicted molar refractivity (Wildman–Crippen MR) is 81.7 cm³/mol. The molecule has 0 radical (unpaired) electrons. The smallest absolute Gasteiger partial charge is 0.0534 e. The second-order valence-corrected chi connectivity index (χ2v) is 7.22. The molecular weight excluding hydrogens is 248 g/mol. The van der Waals surface area contributed by atoms with Gasteiger partial charge in [0.1, 0.15) is 0 Å². The highest BCUT2D eigenvalue weighted by Crippen LogP contribution is 2.38. The Kier molecular flexibility index (Phi) is 3.87. The number of rotatable bonds is 3. The summed E-state index contributed by atoms with van der Waals surface area (Å²) in [5.41, 5.74) is 1.93.